The fourth-order valence-corrected chi connectivity index (χ4v) is 3.53. The molecule has 0 bridgehead atoms. The average molecular weight is 272 g/mol. The molecular formula is C16H20N2O2. The van der Waals surface area contributed by atoms with Crippen LogP contribution in [0.25, 0.3) is 0 Å². The van der Waals surface area contributed by atoms with Crippen LogP contribution in [0.2, 0.25) is 0 Å². The van der Waals surface area contributed by atoms with Gasteiger partial charge in [-0.2, -0.15) is 0 Å². The number of nitrogens with zero attached hydrogens (tertiary/aromatic N) is 1. The topological polar surface area (TPSA) is 63.4 Å². The van der Waals surface area contributed by atoms with Crippen molar-refractivity contribution in [3.8, 4) is 0 Å². The van der Waals surface area contributed by atoms with E-state index in [0.717, 1.165) is 24.0 Å². The van der Waals surface area contributed by atoms with Crippen LogP contribution in [-0.4, -0.2) is 11.8 Å². The van der Waals surface area contributed by atoms with Gasteiger partial charge in [0.05, 0.1) is 23.2 Å². The molecule has 0 radical (unpaired) electrons. The standard InChI is InChI=1S/C16H20N2O2/c1-8-4-11-12(5-8)16(20)18(15(11)19)14-7-10(3)9(2)6-13(14)17/h6-8,11-12H,4-5,17H2,1-3H3. The summed E-state index contributed by atoms with van der Waals surface area (Å²) in [5.74, 6) is 0.0350. The smallest absolute Gasteiger partial charge is 0.237 e. The minimum Gasteiger partial charge on any atom is -0.397 e. The summed E-state index contributed by atoms with van der Waals surface area (Å²) in [4.78, 5) is 26.4. The maximum absolute atomic E-state index is 12.5. The molecular weight excluding hydrogens is 252 g/mol. The lowest BCUT2D eigenvalue weighted by Crippen LogP contribution is -2.32. The first kappa shape index (κ1) is 13.2. The van der Waals surface area contributed by atoms with Gasteiger partial charge in [-0.05, 0) is 55.9 Å². The van der Waals surface area contributed by atoms with E-state index < -0.39 is 0 Å². The van der Waals surface area contributed by atoms with Gasteiger partial charge in [0, 0.05) is 0 Å². The highest BCUT2D eigenvalue weighted by atomic mass is 16.2. The first-order valence-corrected chi connectivity index (χ1v) is 7.14. The van der Waals surface area contributed by atoms with Crippen molar-refractivity contribution in [3.05, 3.63) is 23.3 Å². The monoisotopic (exact) mass is 272 g/mol. The van der Waals surface area contributed by atoms with E-state index in [-0.39, 0.29) is 23.7 Å². The molecule has 4 heteroatoms. The van der Waals surface area contributed by atoms with Crippen molar-refractivity contribution in [1.82, 2.24) is 0 Å². The number of hydrogen-bond donors (Lipinski definition) is 1. The molecule has 1 heterocycles. The van der Waals surface area contributed by atoms with Crippen LogP contribution < -0.4 is 10.6 Å². The van der Waals surface area contributed by atoms with Crippen LogP contribution in [0, 0.1) is 31.6 Å². The van der Waals surface area contributed by atoms with Gasteiger partial charge in [0.2, 0.25) is 11.8 Å². The van der Waals surface area contributed by atoms with Crippen molar-refractivity contribution in [3.63, 3.8) is 0 Å². The molecule has 0 aromatic heterocycles. The molecule has 2 unspecified atom stereocenters. The number of hydrogen-bond acceptors (Lipinski definition) is 3. The van der Waals surface area contributed by atoms with Crippen molar-refractivity contribution in [2.75, 3.05) is 10.6 Å². The third kappa shape index (κ3) is 1.74. The molecule has 0 spiro atoms. The molecule has 1 aliphatic carbocycles. The fourth-order valence-electron chi connectivity index (χ4n) is 3.53. The van der Waals surface area contributed by atoms with Crippen LogP contribution in [0.3, 0.4) is 0 Å². The molecule has 106 valence electrons. The molecule has 2 fully saturated rings. The number of nitrogens with two attached hydrogens (primary N) is 1. The minimum atomic E-state index is -0.140. The van der Waals surface area contributed by atoms with Crippen LogP contribution in [0.4, 0.5) is 11.4 Å². The molecule has 2 amide bonds. The number of imide groups is 1. The first-order valence-electron chi connectivity index (χ1n) is 7.14. The summed E-state index contributed by atoms with van der Waals surface area (Å²) in [6.07, 6.45) is 1.63. The summed E-state index contributed by atoms with van der Waals surface area (Å²) >= 11 is 0. The number of carbonyl (C=O) groups excluding carboxylic acids is 2. The van der Waals surface area contributed by atoms with Gasteiger partial charge in [-0.1, -0.05) is 6.92 Å². The van der Waals surface area contributed by atoms with Crippen molar-refractivity contribution in [2.45, 2.75) is 33.6 Å². The van der Waals surface area contributed by atoms with Gasteiger partial charge >= 0.3 is 0 Å². The lowest BCUT2D eigenvalue weighted by atomic mass is 10.00. The van der Waals surface area contributed by atoms with E-state index in [1.807, 2.05) is 26.0 Å². The molecule has 1 aromatic carbocycles. The van der Waals surface area contributed by atoms with E-state index in [0.29, 0.717) is 17.3 Å². The number of carbonyl (C=O) groups is 2. The Morgan fingerprint density at radius 2 is 1.55 bits per heavy atom. The second-order valence-electron chi connectivity index (χ2n) is 6.30. The summed E-state index contributed by atoms with van der Waals surface area (Å²) in [7, 11) is 0. The summed E-state index contributed by atoms with van der Waals surface area (Å²) in [5.41, 5.74) is 9.20. The second kappa shape index (κ2) is 4.33. The molecule has 3 rings (SSSR count). The van der Waals surface area contributed by atoms with Crippen molar-refractivity contribution in [1.29, 1.82) is 0 Å². The number of aryl methyl sites for hydroxylation is 2. The van der Waals surface area contributed by atoms with Crippen LogP contribution >= 0.6 is 0 Å². The third-order valence-corrected chi connectivity index (χ3v) is 4.76. The Hall–Kier alpha value is -1.84. The summed E-state index contributed by atoms with van der Waals surface area (Å²) in [6.45, 7) is 6.04. The van der Waals surface area contributed by atoms with Gasteiger partial charge in [0.1, 0.15) is 0 Å². The van der Waals surface area contributed by atoms with Gasteiger partial charge < -0.3 is 5.73 Å². The van der Waals surface area contributed by atoms with Gasteiger partial charge in [-0.3, -0.25) is 9.59 Å². The average Bonchev–Trinajstić information content (AvgIpc) is 2.85. The molecule has 4 nitrogen and oxygen atoms in total. The maximum atomic E-state index is 12.5. The number of fused-ring (bicyclic) bond motifs is 1. The quantitative estimate of drug-likeness (QED) is 0.631. The third-order valence-electron chi connectivity index (χ3n) is 4.76. The zero-order valence-corrected chi connectivity index (χ0v) is 12.1. The zero-order chi connectivity index (χ0) is 14.6. The van der Waals surface area contributed by atoms with E-state index in [1.54, 1.807) is 0 Å². The Labute approximate surface area is 118 Å². The van der Waals surface area contributed by atoms with Gasteiger partial charge in [0.15, 0.2) is 0 Å². The highest BCUT2D eigenvalue weighted by Gasteiger charge is 2.52. The highest BCUT2D eigenvalue weighted by molar-refractivity contribution is 6.23. The lowest BCUT2D eigenvalue weighted by Gasteiger charge is -2.20. The van der Waals surface area contributed by atoms with Crippen molar-refractivity contribution in [2.24, 2.45) is 17.8 Å². The second-order valence-corrected chi connectivity index (χ2v) is 6.30. The zero-order valence-electron chi connectivity index (χ0n) is 12.1. The van der Waals surface area contributed by atoms with Gasteiger partial charge in [0.25, 0.3) is 0 Å². The predicted octanol–water partition coefficient (Wildman–Crippen LogP) is 2.42. The largest absolute Gasteiger partial charge is 0.397 e. The Morgan fingerprint density at radius 3 is 2.10 bits per heavy atom. The van der Waals surface area contributed by atoms with Crippen LogP contribution in [-0.2, 0) is 9.59 Å². The molecule has 20 heavy (non-hydrogen) atoms. The van der Waals surface area contributed by atoms with Crippen LogP contribution in [0.15, 0.2) is 12.1 Å². The number of amides is 2. The normalized spacial score (nSPS) is 29.1. The number of rotatable bonds is 1. The van der Waals surface area contributed by atoms with E-state index >= 15 is 0 Å². The van der Waals surface area contributed by atoms with E-state index in [4.69, 9.17) is 5.73 Å². The number of anilines is 2. The van der Waals surface area contributed by atoms with Crippen LogP contribution in [0.5, 0.6) is 0 Å². The number of benzene rings is 1. The van der Waals surface area contributed by atoms with E-state index in [9.17, 15) is 9.59 Å². The van der Waals surface area contributed by atoms with Gasteiger partial charge in [-0.25, -0.2) is 4.90 Å². The molecule has 2 atom stereocenters. The highest BCUT2D eigenvalue weighted by Crippen LogP contribution is 2.45. The molecule has 1 saturated heterocycles. The first-order chi connectivity index (χ1) is 9.40. The molecule has 1 saturated carbocycles. The Morgan fingerprint density at radius 1 is 1.05 bits per heavy atom. The molecule has 1 aliphatic heterocycles. The van der Waals surface area contributed by atoms with E-state index in [2.05, 4.69) is 6.92 Å². The Kier molecular flexibility index (Phi) is 2.85. The lowest BCUT2D eigenvalue weighted by molar-refractivity contribution is -0.123. The SMILES string of the molecule is Cc1cc(N)c(N2C(=O)C3CC(C)CC3C2=O)cc1C. The minimum absolute atomic E-state index is 0.0701. The van der Waals surface area contributed by atoms with Crippen LogP contribution in [0.1, 0.15) is 30.9 Å². The predicted molar refractivity (Wildman–Crippen MR) is 78.2 cm³/mol. The molecule has 2 N–H and O–H groups in total. The van der Waals surface area contributed by atoms with Crippen molar-refractivity contribution < 1.29 is 9.59 Å². The van der Waals surface area contributed by atoms with E-state index in [1.165, 1.54) is 4.90 Å². The maximum Gasteiger partial charge on any atom is 0.237 e. The fraction of sp³-hybridized carbons (Fsp3) is 0.500. The summed E-state index contributed by atoms with van der Waals surface area (Å²) in [6, 6.07) is 3.69. The number of nitrogen functional groups attached to an aromatic ring is 1. The van der Waals surface area contributed by atoms with Crippen molar-refractivity contribution >= 4 is 23.2 Å². The van der Waals surface area contributed by atoms with Gasteiger partial charge in [-0.15, -0.1) is 0 Å². The summed E-state index contributed by atoms with van der Waals surface area (Å²) < 4.78 is 0. The summed E-state index contributed by atoms with van der Waals surface area (Å²) in [5, 5.41) is 0. The Bertz CT molecular complexity index is 585. The molecule has 1 aromatic rings. The Balaban J connectivity index is 2.02. The molecule has 2 aliphatic rings.